The Labute approximate surface area is 200 Å². The number of rotatable bonds is 9. The average molecular weight is 502 g/mol. The number of carbonyl (C=O) groups is 3. The van der Waals surface area contributed by atoms with Crippen LogP contribution in [0.15, 0.2) is 24.3 Å². The van der Waals surface area contributed by atoms with Crippen molar-refractivity contribution < 1.29 is 47.2 Å². The maximum absolute atomic E-state index is 14.4. The van der Waals surface area contributed by atoms with Crippen LogP contribution in [0.2, 0.25) is 0 Å². The number of ether oxygens (including phenoxy) is 2. The molecule has 3 rings (SSSR count). The van der Waals surface area contributed by atoms with Gasteiger partial charge in [0.1, 0.15) is 5.75 Å². The number of benzene rings is 1. The number of methoxy groups -OCH3 is 1. The summed E-state index contributed by atoms with van der Waals surface area (Å²) < 4.78 is 51.6. The van der Waals surface area contributed by atoms with E-state index in [0.29, 0.717) is 29.9 Å². The van der Waals surface area contributed by atoms with Gasteiger partial charge in [0, 0.05) is 43.2 Å². The molecule has 9 nitrogen and oxygen atoms in total. The Hall–Kier alpha value is -3.28. The second kappa shape index (κ2) is 13.0. The highest BCUT2D eigenvalue weighted by molar-refractivity contribution is 5.89. The van der Waals surface area contributed by atoms with Gasteiger partial charge in [-0.15, -0.1) is 0 Å². The maximum atomic E-state index is 14.4. The van der Waals surface area contributed by atoms with E-state index in [1.54, 1.807) is 0 Å². The number of alkyl halides is 2. The molecule has 0 bridgehead atoms. The molecule has 1 saturated carbocycles. The van der Waals surface area contributed by atoms with E-state index in [0.717, 1.165) is 19.4 Å². The summed E-state index contributed by atoms with van der Waals surface area (Å²) in [4.78, 5) is 31.2. The molecule has 35 heavy (non-hydrogen) atoms. The minimum absolute atomic E-state index is 0.0328. The van der Waals surface area contributed by atoms with Crippen LogP contribution in [-0.2, 0) is 20.9 Å². The number of hydrogen-bond donors (Lipinski definition) is 4. The summed E-state index contributed by atoms with van der Waals surface area (Å²) in [5.74, 6) is -5.85. The van der Waals surface area contributed by atoms with Crippen LogP contribution >= 0.6 is 0 Å². The van der Waals surface area contributed by atoms with Crippen LogP contribution in [0, 0.1) is 11.7 Å². The molecule has 0 aromatic heterocycles. The van der Waals surface area contributed by atoms with Gasteiger partial charge in [-0.2, -0.15) is 0 Å². The summed E-state index contributed by atoms with van der Waals surface area (Å²) in [5.41, 5.74) is 0.487. The first-order chi connectivity index (χ1) is 16.5. The topological polar surface area (TPSA) is 134 Å². The lowest BCUT2D eigenvalue weighted by Gasteiger charge is -2.16. The third-order valence-electron chi connectivity index (χ3n) is 5.51. The van der Waals surface area contributed by atoms with Crippen LogP contribution in [0.1, 0.15) is 37.7 Å². The van der Waals surface area contributed by atoms with Gasteiger partial charge in [-0.1, -0.05) is 0 Å². The van der Waals surface area contributed by atoms with Crippen molar-refractivity contribution in [1.82, 2.24) is 10.6 Å². The molecule has 1 aliphatic carbocycles. The Morgan fingerprint density at radius 1 is 1.17 bits per heavy atom. The lowest BCUT2D eigenvalue weighted by Crippen LogP contribution is -2.40. The van der Waals surface area contributed by atoms with Crippen LogP contribution in [0.5, 0.6) is 11.5 Å². The molecule has 12 heteroatoms. The van der Waals surface area contributed by atoms with Crippen LogP contribution in [0.25, 0.3) is 0 Å². The third kappa shape index (κ3) is 9.47. The highest BCUT2D eigenvalue weighted by atomic mass is 19.3. The van der Waals surface area contributed by atoms with Gasteiger partial charge in [0.25, 0.3) is 0 Å². The summed E-state index contributed by atoms with van der Waals surface area (Å²) in [5, 5.41) is 21.5. The quantitative estimate of drug-likeness (QED) is 0.379. The van der Waals surface area contributed by atoms with Crippen molar-refractivity contribution in [3.05, 3.63) is 35.7 Å². The number of carbonyl (C=O) groups excluding carboxylic acids is 1. The van der Waals surface area contributed by atoms with Crippen LogP contribution < -0.4 is 20.1 Å². The molecule has 2 atom stereocenters. The van der Waals surface area contributed by atoms with E-state index in [4.69, 9.17) is 19.7 Å². The Kier molecular flexibility index (Phi) is 10.4. The zero-order valence-electron chi connectivity index (χ0n) is 19.2. The van der Waals surface area contributed by atoms with Gasteiger partial charge in [-0.25, -0.2) is 22.8 Å². The normalized spacial score (nSPS) is 20.7. The van der Waals surface area contributed by atoms with Crippen molar-refractivity contribution >= 4 is 17.8 Å². The molecule has 2 aliphatic rings. The highest BCUT2D eigenvalue weighted by Gasteiger charge is 2.39. The van der Waals surface area contributed by atoms with E-state index < -0.39 is 23.7 Å². The number of carboxylic acids is 2. The predicted molar refractivity (Wildman–Crippen MR) is 118 cm³/mol. The van der Waals surface area contributed by atoms with Gasteiger partial charge in [0.05, 0.1) is 19.8 Å². The first-order valence-corrected chi connectivity index (χ1v) is 11.0. The Bertz CT molecular complexity index is 918. The summed E-state index contributed by atoms with van der Waals surface area (Å²) >= 11 is 0. The van der Waals surface area contributed by atoms with E-state index in [1.807, 2.05) is 0 Å². The Balaban J connectivity index is 0.000000466. The highest BCUT2D eigenvalue weighted by Crippen LogP contribution is 2.39. The average Bonchev–Trinajstić information content (AvgIpc) is 3.45. The van der Waals surface area contributed by atoms with Crippen molar-refractivity contribution in [2.24, 2.45) is 5.92 Å². The predicted octanol–water partition coefficient (Wildman–Crippen LogP) is 2.73. The molecule has 194 valence electrons. The Morgan fingerprint density at radius 3 is 2.37 bits per heavy atom. The van der Waals surface area contributed by atoms with Gasteiger partial charge in [-0.05, 0) is 37.8 Å². The third-order valence-corrected chi connectivity index (χ3v) is 5.51. The lowest BCUT2D eigenvalue weighted by molar-refractivity contribution is -0.134. The number of amides is 1. The molecular formula is C23H29F3N2O7. The molecule has 4 N–H and O–H groups in total. The van der Waals surface area contributed by atoms with Crippen molar-refractivity contribution in [3.8, 4) is 11.5 Å². The number of nitrogens with one attached hydrogen (secondary N) is 2. The summed E-state index contributed by atoms with van der Waals surface area (Å²) in [6.07, 6.45) is 2.83. The van der Waals surface area contributed by atoms with Crippen molar-refractivity contribution in [2.45, 2.75) is 50.6 Å². The van der Waals surface area contributed by atoms with Crippen LogP contribution in [0.3, 0.4) is 0 Å². The second-order valence-electron chi connectivity index (χ2n) is 8.25. The minimum atomic E-state index is -2.65. The summed E-state index contributed by atoms with van der Waals surface area (Å²) in [7, 11) is 1.44. The fourth-order valence-corrected chi connectivity index (χ4v) is 3.76. The zero-order chi connectivity index (χ0) is 26.0. The van der Waals surface area contributed by atoms with Gasteiger partial charge in [0.15, 0.2) is 11.6 Å². The zero-order valence-corrected chi connectivity index (χ0v) is 19.2. The van der Waals surface area contributed by atoms with E-state index in [1.165, 1.54) is 19.2 Å². The molecule has 0 radical (unpaired) electrons. The van der Waals surface area contributed by atoms with Gasteiger partial charge >= 0.3 is 11.9 Å². The van der Waals surface area contributed by atoms with Gasteiger partial charge in [0.2, 0.25) is 11.8 Å². The van der Waals surface area contributed by atoms with Crippen molar-refractivity contribution in [1.29, 1.82) is 0 Å². The van der Waals surface area contributed by atoms with E-state index >= 15 is 0 Å². The maximum Gasteiger partial charge on any atom is 0.328 e. The number of aliphatic carboxylic acids is 2. The smallest absolute Gasteiger partial charge is 0.328 e. The fourth-order valence-electron chi connectivity index (χ4n) is 3.76. The SMILES string of the molecule is COc1cc(OCC2CCC(F)(F)C2)c(F)cc1CNC(=O)[C@@H]1CCCN1.O=C(O)/C=C/C(=O)O. The number of carboxylic acid groups (broad SMARTS) is 2. The molecule has 1 aliphatic heterocycles. The van der Waals surface area contributed by atoms with Gasteiger partial charge in [-0.3, -0.25) is 4.79 Å². The standard InChI is InChI=1S/C19H25F3N2O3.C4H4O4/c1-26-16-8-17(27-11-12-4-5-19(21,22)9-12)14(20)7-13(16)10-24-18(25)15-3-2-6-23-15;5-3(6)1-2-4(7)8/h7-8,12,15,23H,2-6,9-11H2,1H3,(H,24,25);1-2H,(H,5,6)(H,7,8)/b;2-1+/t12?,15-;/m0./s1. The number of halogens is 3. The van der Waals surface area contributed by atoms with E-state index in [2.05, 4.69) is 10.6 Å². The van der Waals surface area contributed by atoms with Crippen molar-refractivity contribution in [2.75, 3.05) is 20.3 Å². The molecule has 2 fully saturated rings. The monoisotopic (exact) mass is 502 g/mol. The Morgan fingerprint density at radius 2 is 1.86 bits per heavy atom. The fraction of sp³-hybridized carbons (Fsp3) is 0.522. The molecule has 1 aromatic carbocycles. The summed E-state index contributed by atoms with van der Waals surface area (Å²) in [6, 6.07) is 2.44. The molecule has 1 heterocycles. The molecule has 1 aromatic rings. The molecule has 1 saturated heterocycles. The summed E-state index contributed by atoms with van der Waals surface area (Å²) in [6.45, 7) is 0.986. The first-order valence-electron chi connectivity index (χ1n) is 11.0. The second-order valence-corrected chi connectivity index (χ2v) is 8.25. The minimum Gasteiger partial charge on any atom is -0.496 e. The lowest BCUT2D eigenvalue weighted by atomic mass is 10.1. The van der Waals surface area contributed by atoms with Crippen molar-refractivity contribution in [3.63, 3.8) is 0 Å². The molecule has 1 amide bonds. The van der Waals surface area contributed by atoms with Crippen LogP contribution in [-0.4, -0.2) is 60.3 Å². The number of hydrogen-bond acceptors (Lipinski definition) is 6. The first kappa shape index (κ1) is 28.0. The van der Waals surface area contributed by atoms with Gasteiger partial charge < -0.3 is 30.3 Å². The van der Waals surface area contributed by atoms with E-state index in [-0.39, 0.29) is 49.6 Å². The van der Waals surface area contributed by atoms with E-state index in [9.17, 15) is 27.6 Å². The molecular weight excluding hydrogens is 473 g/mol. The molecule has 1 unspecified atom stereocenters. The molecule has 0 spiro atoms. The van der Waals surface area contributed by atoms with Crippen LogP contribution in [0.4, 0.5) is 13.2 Å². The largest absolute Gasteiger partial charge is 0.496 e.